The van der Waals surface area contributed by atoms with E-state index in [1.165, 1.54) is 38.5 Å². The van der Waals surface area contributed by atoms with Gasteiger partial charge in [0.1, 0.15) is 0 Å². The maximum Gasteiger partial charge on any atom is 0.225 e. The summed E-state index contributed by atoms with van der Waals surface area (Å²) in [6.45, 7) is 4.70. The topological polar surface area (TPSA) is 60.9 Å². The second-order valence-electron chi connectivity index (χ2n) is 9.81. The summed E-state index contributed by atoms with van der Waals surface area (Å²) in [5.41, 5.74) is -0.725. The molecule has 0 spiro atoms. The third-order valence-electron chi connectivity index (χ3n) is 6.97. The molecule has 1 atom stereocenters. The summed E-state index contributed by atoms with van der Waals surface area (Å²) in [6, 6.07) is 0.0957. The number of hydrogen-bond acceptors (Lipinski definition) is 3. The van der Waals surface area contributed by atoms with Gasteiger partial charge in [-0.25, -0.2) is 0 Å². The number of nitrogens with zero attached hydrogens (tertiary/aromatic N) is 2. The van der Waals surface area contributed by atoms with E-state index < -0.39 is 5.60 Å². The fraction of sp³-hybridized carbons (Fsp3) is 0.905. The summed E-state index contributed by atoms with van der Waals surface area (Å²) < 4.78 is 0. The minimum atomic E-state index is -0.981. The number of likely N-dealkylation sites (tertiary alicyclic amines) is 1. The van der Waals surface area contributed by atoms with Crippen molar-refractivity contribution >= 4 is 11.8 Å². The van der Waals surface area contributed by atoms with Gasteiger partial charge in [0.05, 0.1) is 12.0 Å². The molecule has 1 saturated heterocycles. The summed E-state index contributed by atoms with van der Waals surface area (Å²) in [7, 11) is 1.89. The monoisotopic (exact) mass is 364 g/mol. The summed E-state index contributed by atoms with van der Waals surface area (Å²) in [6.07, 6.45) is 10.3. The molecule has 0 aromatic rings. The van der Waals surface area contributed by atoms with Crippen LogP contribution in [0.3, 0.4) is 0 Å². The number of hydrogen-bond donors (Lipinski definition) is 1. The lowest BCUT2D eigenvalue weighted by atomic mass is 9.59. The SMILES string of the molecule is CN(CC1CCCN1C(=O)CC(C)(C)O)C(=O)CC12CCC(CC1)CC2. The number of aliphatic hydroxyl groups is 1. The molecule has 4 rings (SSSR count). The highest BCUT2D eigenvalue weighted by atomic mass is 16.3. The van der Waals surface area contributed by atoms with Crippen molar-refractivity contribution in [1.82, 2.24) is 9.80 Å². The molecule has 3 saturated carbocycles. The van der Waals surface area contributed by atoms with Crippen LogP contribution in [0.4, 0.5) is 0 Å². The molecule has 0 radical (unpaired) electrons. The average Bonchev–Trinajstić information content (AvgIpc) is 3.03. The van der Waals surface area contributed by atoms with E-state index in [0.29, 0.717) is 13.0 Å². The maximum absolute atomic E-state index is 12.9. The summed E-state index contributed by atoms with van der Waals surface area (Å²) >= 11 is 0. The normalized spacial score (nSPS) is 31.3. The van der Waals surface area contributed by atoms with Crippen LogP contribution < -0.4 is 0 Å². The highest BCUT2D eigenvalue weighted by Gasteiger charge is 2.42. The summed E-state index contributed by atoms with van der Waals surface area (Å²) in [5.74, 6) is 1.16. The third kappa shape index (κ3) is 4.59. The summed E-state index contributed by atoms with van der Waals surface area (Å²) in [4.78, 5) is 29.1. The van der Waals surface area contributed by atoms with Gasteiger partial charge in [0.2, 0.25) is 11.8 Å². The van der Waals surface area contributed by atoms with Crippen molar-refractivity contribution in [1.29, 1.82) is 0 Å². The predicted octanol–water partition coefficient (Wildman–Crippen LogP) is 2.96. The number of amides is 2. The van der Waals surface area contributed by atoms with Crippen LogP contribution in [0.25, 0.3) is 0 Å². The molecule has 2 bridgehead atoms. The minimum Gasteiger partial charge on any atom is -0.390 e. The van der Waals surface area contributed by atoms with E-state index in [4.69, 9.17) is 0 Å². The van der Waals surface area contributed by atoms with Crippen LogP contribution in [0.2, 0.25) is 0 Å². The molecule has 0 aromatic heterocycles. The van der Waals surface area contributed by atoms with Gasteiger partial charge in [0.25, 0.3) is 0 Å². The van der Waals surface area contributed by atoms with E-state index in [-0.39, 0.29) is 29.7 Å². The maximum atomic E-state index is 12.9. The van der Waals surface area contributed by atoms with Crippen molar-refractivity contribution < 1.29 is 14.7 Å². The van der Waals surface area contributed by atoms with Gasteiger partial charge in [-0.2, -0.15) is 0 Å². The molecule has 1 unspecified atom stereocenters. The van der Waals surface area contributed by atoms with Crippen LogP contribution in [0, 0.1) is 11.3 Å². The van der Waals surface area contributed by atoms with Crippen LogP contribution in [-0.4, -0.2) is 58.5 Å². The molecule has 26 heavy (non-hydrogen) atoms. The van der Waals surface area contributed by atoms with Crippen LogP contribution in [-0.2, 0) is 9.59 Å². The van der Waals surface area contributed by atoms with Crippen LogP contribution in [0.1, 0.15) is 78.1 Å². The van der Waals surface area contributed by atoms with Crippen molar-refractivity contribution in [3.05, 3.63) is 0 Å². The van der Waals surface area contributed by atoms with Gasteiger partial charge in [-0.05, 0) is 76.5 Å². The quantitative estimate of drug-likeness (QED) is 0.788. The van der Waals surface area contributed by atoms with E-state index in [1.807, 2.05) is 16.8 Å². The number of rotatable bonds is 6. The molecule has 148 valence electrons. The van der Waals surface area contributed by atoms with Gasteiger partial charge in [-0.3, -0.25) is 9.59 Å². The van der Waals surface area contributed by atoms with Gasteiger partial charge in [0.15, 0.2) is 0 Å². The second-order valence-corrected chi connectivity index (χ2v) is 9.81. The van der Waals surface area contributed by atoms with E-state index in [9.17, 15) is 14.7 Å². The van der Waals surface area contributed by atoms with Crippen LogP contribution >= 0.6 is 0 Å². The molecule has 5 heteroatoms. The lowest BCUT2D eigenvalue weighted by Gasteiger charge is -2.46. The number of fused-ring (bicyclic) bond motifs is 3. The van der Waals surface area contributed by atoms with Crippen LogP contribution in [0.15, 0.2) is 0 Å². The Bertz CT molecular complexity index is 518. The zero-order valence-corrected chi connectivity index (χ0v) is 16.8. The number of carbonyl (C=O) groups excluding carboxylic acids is 2. The van der Waals surface area contributed by atoms with Crippen LogP contribution in [0.5, 0.6) is 0 Å². The van der Waals surface area contributed by atoms with E-state index in [0.717, 1.165) is 25.3 Å². The van der Waals surface area contributed by atoms with E-state index in [2.05, 4.69) is 0 Å². The Balaban J connectivity index is 1.53. The predicted molar refractivity (Wildman–Crippen MR) is 102 cm³/mol. The minimum absolute atomic E-state index is 0.00467. The van der Waals surface area contributed by atoms with Gasteiger partial charge in [0, 0.05) is 32.6 Å². The molecular weight excluding hydrogens is 328 g/mol. The second kappa shape index (κ2) is 7.49. The fourth-order valence-corrected chi connectivity index (χ4v) is 5.30. The Morgan fingerprint density at radius 2 is 1.77 bits per heavy atom. The molecule has 1 N–H and O–H groups in total. The Hall–Kier alpha value is -1.10. The Morgan fingerprint density at radius 1 is 1.15 bits per heavy atom. The average molecular weight is 365 g/mol. The van der Waals surface area contributed by atoms with Crippen molar-refractivity contribution in [3.8, 4) is 0 Å². The lowest BCUT2D eigenvalue weighted by molar-refractivity contribution is -0.140. The highest BCUT2D eigenvalue weighted by Crippen LogP contribution is 2.52. The van der Waals surface area contributed by atoms with Gasteiger partial charge >= 0.3 is 0 Å². The Morgan fingerprint density at radius 3 is 2.35 bits per heavy atom. The Labute approximate surface area is 158 Å². The van der Waals surface area contributed by atoms with Crippen molar-refractivity contribution in [2.75, 3.05) is 20.1 Å². The molecule has 5 nitrogen and oxygen atoms in total. The third-order valence-corrected chi connectivity index (χ3v) is 6.97. The largest absolute Gasteiger partial charge is 0.390 e. The molecule has 1 heterocycles. The first-order chi connectivity index (χ1) is 12.2. The van der Waals surface area contributed by atoms with Gasteiger partial charge < -0.3 is 14.9 Å². The molecule has 2 amide bonds. The van der Waals surface area contributed by atoms with Crippen molar-refractivity contribution in [2.24, 2.45) is 11.3 Å². The molecular formula is C21H36N2O3. The zero-order chi connectivity index (χ0) is 18.9. The van der Waals surface area contributed by atoms with Crippen molar-refractivity contribution in [2.45, 2.75) is 89.7 Å². The molecule has 1 aliphatic heterocycles. The number of likely N-dealkylation sites (N-methyl/N-ethyl adjacent to an activating group) is 1. The van der Waals surface area contributed by atoms with E-state index in [1.54, 1.807) is 13.8 Å². The zero-order valence-electron chi connectivity index (χ0n) is 16.8. The molecule has 4 aliphatic rings. The van der Waals surface area contributed by atoms with E-state index >= 15 is 0 Å². The van der Waals surface area contributed by atoms with Gasteiger partial charge in [-0.1, -0.05) is 0 Å². The first-order valence-electron chi connectivity index (χ1n) is 10.4. The summed E-state index contributed by atoms with van der Waals surface area (Å²) in [5, 5.41) is 9.93. The van der Waals surface area contributed by atoms with Crippen molar-refractivity contribution in [3.63, 3.8) is 0 Å². The standard InChI is InChI=1S/C21H36N2O3/c1-20(2,26)13-19(25)23-12-4-5-17(23)15-22(3)18(24)14-21-9-6-16(7-10-21)8-11-21/h16-17,26H,4-15H2,1-3H3. The fourth-order valence-electron chi connectivity index (χ4n) is 5.30. The highest BCUT2D eigenvalue weighted by molar-refractivity contribution is 5.79. The molecule has 3 aliphatic carbocycles. The lowest BCUT2D eigenvalue weighted by Crippen LogP contribution is -2.46. The number of carbonyl (C=O) groups is 2. The first kappa shape index (κ1) is 19.7. The molecule has 4 fully saturated rings. The smallest absolute Gasteiger partial charge is 0.225 e. The molecule has 0 aromatic carbocycles. The first-order valence-corrected chi connectivity index (χ1v) is 10.4. The Kier molecular flexibility index (Phi) is 5.66. The van der Waals surface area contributed by atoms with Gasteiger partial charge in [-0.15, -0.1) is 0 Å².